The van der Waals surface area contributed by atoms with Crippen molar-refractivity contribution in [1.29, 1.82) is 0 Å². The predicted molar refractivity (Wildman–Crippen MR) is 90.4 cm³/mol. The molecule has 2 rings (SSSR count). The summed E-state index contributed by atoms with van der Waals surface area (Å²) >= 11 is 0. The number of aliphatic hydroxyl groups is 1. The van der Waals surface area contributed by atoms with Gasteiger partial charge in [-0.15, -0.1) is 0 Å². The maximum absolute atomic E-state index is 12.1. The Morgan fingerprint density at radius 1 is 1.30 bits per heavy atom. The van der Waals surface area contributed by atoms with Crippen molar-refractivity contribution in [3.63, 3.8) is 0 Å². The molecule has 1 aromatic heterocycles. The van der Waals surface area contributed by atoms with Gasteiger partial charge in [-0.25, -0.2) is 4.79 Å². The van der Waals surface area contributed by atoms with Gasteiger partial charge in [0.1, 0.15) is 0 Å². The molecular formula is C17H24N4O2. The maximum Gasteiger partial charge on any atom is 0.319 e. The molecule has 0 aliphatic rings. The Kier molecular flexibility index (Phi) is 5.76. The molecule has 0 bridgehead atoms. The van der Waals surface area contributed by atoms with E-state index in [1.165, 1.54) is 0 Å². The van der Waals surface area contributed by atoms with Gasteiger partial charge in [-0.05, 0) is 24.0 Å². The number of amides is 2. The van der Waals surface area contributed by atoms with E-state index in [1.54, 1.807) is 24.1 Å². The molecule has 124 valence electrons. The zero-order valence-corrected chi connectivity index (χ0v) is 13.8. The predicted octanol–water partition coefficient (Wildman–Crippen LogP) is 2.40. The van der Waals surface area contributed by atoms with Crippen LogP contribution in [0, 0.1) is 0 Å². The molecule has 6 heteroatoms. The number of aliphatic hydroxyl groups excluding tert-OH is 1. The number of urea groups is 1. The van der Waals surface area contributed by atoms with Gasteiger partial charge in [-0.2, -0.15) is 5.10 Å². The van der Waals surface area contributed by atoms with E-state index < -0.39 is 6.10 Å². The highest BCUT2D eigenvalue weighted by Gasteiger charge is 2.13. The molecule has 1 aromatic carbocycles. The number of benzene rings is 1. The molecule has 2 amide bonds. The van der Waals surface area contributed by atoms with Gasteiger partial charge in [0, 0.05) is 31.0 Å². The Bertz CT molecular complexity index is 644. The number of hydrogen-bond acceptors (Lipinski definition) is 3. The molecule has 0 fully saturated rings. The molecule has 0 aliphatic carbocycles. The van der Waals surface area contributed by atoms with Crippen molar-refractivity contribution < 1.29 is 9.90 Å². The normalized spacial score (nSPS) is 12.0. The number of nitrogens with zero attached hydrogens (tertiary/aromatic N) is 2. The minimum Gasteiger partial charge on any atom is -0.386 e. The van der Waals surface area contributed by atoms with Crippen molar-refractivity contribution in [3.05, 3.63) is 47.3 Å². The number of para-hydroxylation sites is 1. The molecule has 0 saturated heterocycles. The van der Waals surface area contributed by atoms with Crippen LogP contribution in [0.2, 0.25) is 0 Å². The molecule has 0 radical (unpaired) electrons. The van der Waals surface area contributed by atoms with Crippen LogP contribution in [-0.4, -0.2) is 27.5 Å². The number of aromatic nitrogens is 2. The first kappa shape index (κ1) is 17.0. The van der Waals surface area contributed by atoms with Crippen LogP contribution in [0.1, 0.15) is 36.6 Å². The first-order valence-electron chi connectivity index (χ1n) is 7.87. The molecule has 0 aliphatic heterocycles. The van der Waals surface area contributed by atoms with Crippen molar-refractivity contribution in [2.24, 2.45) is 7.05 Å². The summed E-state index contributed by atoms with van der Waals surface area (Å²) in [5, 5.41) is 19.7. The third-order valence-corrected chi connectivity index (χ3v) is 3.80. The van der Waals surface area contributed by atoms with Gasteiger partial charge in [-0.1, -0.05) is 32.0 Å². The van der Waals surface area contributed by atoms with E-state index in [2.05, 4.69) is 29.6 Å². The smallest absolute Gasteiger partial charge is 0.319 e. The lowest BCUT2D eigenvalue weighted by atomic mass is 10.0. The number of hydrogen-bond donors (Lipinski definition) is 3. The average molecular weight is 316 g/mol. The molecule has 2 aromatic rings. The number of carbonyl (C=O) groups is 1. The van der Waals surface area contributed by atoms with Crippen LogP contribution in [0.5, 0.6) is 0 Å². The second-order valence-corrected chi connectivity index (χ2v) is 5.46. The molecule has 1 heterocycles. The number of rotatable bonds is 6. The summed E-state index contributed by atoms with van der Waals surface area (Å²) < 4.78 is 1.61. The lowest BCUT2D eigenvalue weighted by Crippen LogP contribution is -2.33. The minimum atomic E-state index is -0.776. The summed E-state index contributed by atoms with van der Waals surface area (Å²) in [6, 6.07) is 5.72. The van der Waals surface area contributed by atoms with Crippen LogP contribution in [0.15, 0.2) is 30.6 Å². The number of aryl methyl sites for hydroxylation is 3. The van der Waals surface area contributed by atoms with Gasteiger partial charge in [-0.3, -0.25) is 4.68 Å². The fraction of sp³-hybridized carbons (Fsp3) is 0.412. The quantitative estimate of drug-likeness (QED) is 0.765. The van der Waals surface area contributed by atoms with E-state index in [9.17, 15) is 9.90 Å². The third kappa shape index (κ3) is 4.32. The number of nitrogens with one attached hydrogen (secondary N) is 2. The van der Waals surface area contributed by atoms with Crippen molar-refractivity contribution >= 4 is 11.7 Å². The number of carbonyl (C=O) groups excluding carboxylic acids is 1. The molecule has 6 nitrogen and oxygen atoms in total. The SMILES string of the molecule is CCc1cccc(CC)c1NC(=O)NCC(O)c1cnn(C)c1. The average Bonchev–Trinajstić information content (AvgIpc) is 2.99. The molecule has 1 unspecified atom stereocenters. The summed E-state index contributed by atoms with van der Waals surface area (Å²) in [5.41, 5.74) is 3.75. The van der Waals surface area contributed by atoms with Crippen LogP contribution in [0.4, 0.5) is 10.5 Å². The highest BCUT2D eigenvalue weighted by atomic mass is 16.3. The molecule has 0 spiro atoms. The summed E-state index contributed by atoms with van der Waals surface area (Å²) in [5.74, 6) is 0. The summed E-state index contributed by atoms with van der Waals surface area (Å²) in [7, 11) is 1.78. The highest BCUT2D eigenvalue weighted by molar-refractivity contribution is 5.91. The molecular weight excluding hydrogens is 292 g/mol. The summed E-state index contributed by atoms with van der Waals surface area (Å²) in [4.78, 5) is 12.1. The third-order valence-electron chi connectivity index (χ3n) is 3.80. The van der Waals surface area contributed by atoms with Gasteiger partial charge in [0.25, 0.3) is 0 Å². The minimum absolute atomic E-state index is 0.132. The zero-order valence-electron chi connectivity index (χ0n) is 13.8. The van der Waals surface area contributed by atoms with Crippen LogP contribution < -0.4 is 10.6 Å². The second kappa shape index (κ2) is 7.78. The highest BCUT2D eigenvalue weighted by Crippen LogP contribution is 2.22. The van der Waals surface area contributed by atoms with Crippen molar-refractivity contribution in [1.82, 2.24) is 15.1 Å². The van der Waals surface area contributed by atoms with Gasteiger partial charge in [0.15, 0.2) is 0 Å². The lowest BCUT2D eigenvalue weighted by molar-refractivity contribution is 0.175. The van der Waals surface area contributed by atoms with Crippen molar-refractivity contribution in [2.75, 3.05) is 11.9 Å². The first-order valence-corrected chi connectivity index (χ1v) is 7.87. The Morgan fingerprint density at radius 3 is 2.48 bits per heavy atom. The monoisotopic (exact) mass is 316 g/mol. The van der Waals surface area contributed by atoms with E-state index in [0.29, 0.717) is 5.56 Å². The molecule has 23 heavy (non-hydrogen) atoms. The van der Waals surface area contributed by atoms with Gasteiger partial charge < -0.3 is 15.7 Å². The summed E-state index contributed by atoms with van der Waals surface area (Å²) in [6.45, 7) is 4.25. The van der Waals surface area contributed by atoms with Crippen LogP contribution in [0.3, 0.4) is 0 Å². The zero-order chi connectivity index (χ0) is 16.8. The fourth-order valence-electron chi connectivity index (χ4n) is 2.48. The Morgan fingerprint density at radius 2 is 1.96 bits per heavy atom. The molecule has 0 saturated carbocycles. The van der Waals surface area contributed by atoms with Gasteiger partial charge in [0.05, 0.1) is 12.3 Å². The fourth-order valence-corrected chi connectivity index (χ4v) is 2.48. The van der Waals surface area contributed by atoms with Crippen LogP contribution >= 0.6 is 0 Å². The topological polar surface area (TPSA) is 79.2 Å². The lowest BCUT2D eigenvalue weighted by Gasteiger charge is -2.16. The second-order valence-electron chi connectivity index (χ2n) is 5.46. The number of anilines is 1. The van der Waals surface area contributed by atoms with E-state index in [4.69, 9.17) is 0 Å². The van der Waals surface area contributed by atoms with Gasteiger partial charge >= 0.3 is 6.03 Å². The largest absolute Gasteiger partial charge is 0.386 e. The van der Waals surface area contributed by atoms with Crippen LogP contribution in [-0.2, 0) is 19.9 Å². The first-order chi connectivity index (χ1) is 11.0. The van der Waals surface area contributed by atoms with E-state index in [-0.39, 0.29) is 12.6 Å². The van der Waals surface area contributed by atoms with E-state index >= 15 is 0 Å². The van der Waals surface area contributed by atoms with Crippen molar-refractivity contribution in [2.45, 2.75) is 32.8 Å². The summed E-state index contributed by atoms with van der Waals surface area (Å²) in [6.07, 6.45) is 4.24. The Labute approximate surface area is 136 Å². The molecule has 1 atom stereocenters. The maximum atomic E-state index is 12.1. The van der Waals surface area contributed by atoms with Gasteiger partial charge in [0.2, 0.25) is 0 Å². The molecule has 3 N–H and O–H groups in total. The Hall–Kier alpha value is -2.34. The van der Waals surface area contributed by atoms with Crippen molar-refractivity contribution in [3.8, 4) is 0 Å². The van der Waals surface area contributed by atoms with E-state index in [1.807, 2.05) is 18.2 Å². The van der Waals surface area contributed by atoms with E-state index in [0.717, 1.165) is 29.7 Å². The Balaban J connectivity index is 1.97. The standard InChI is InChI=1S/C17H24N4O2/c1-4-12-7-6-8-13(5-2)16(12)20-17(23)18-10-15(22)14-9-19-21(3)11-14/h6-9,11,15,22H,4-5,10H2,1-3H3,(H2,18,20,23). The van der Waals surface area contributed by atoms with Crippen LogP contribution in [0.25, 0.3) is 0 Å².